The van der Waals surface area contributed by atoms with Gasteiger partial charge >= 0.3 is 11.9 Å². The molecule has 0 bridgehead atoms. The molecule has 8 nitrogen and oxygen atoms in total. The Balaban J connectivity index is 3.79. The van der Waals surface area contributed by atoms with Gasteiger partial charge in [-0.05, 0) is 25.8 Å². The van der Waals surface area contributed by atoms with Crippen molar-refractivity contribution in [3.8, 4) is 0 Å². The number of pyridine rings is 1. The number of ether oxygens (including phenoxy) is 2. The van der Waals surface area contributed by atoms with Crippen molar-refractivity contribution in [3.05, 3.63) is 46.3 Å². The number of hydrogen-bond acceptors (Lipinski definition) is 7. The highest BCUT2D eigenvalue weighted by atomic mass is 16.6. The summed E-state index contributed by atoms with van der Waals surface area (Å²) >= 11 is 0. The summed E-state index contributed by atoms with van der Waals surface area (Å²) in [5.41, 5.74) is -2.45. The topological polar surface area (TPSA) is 109 Å². The number of aromatic nitrogens is 1. The average Bonchev–Trinajstić information content (AvgIpc) is 2.54. The van der Waals surface area contributed by atoms with Crippen LogP contribution >= 0.6 is 0 Å². The summed E-state index contributed by atoms with van der Waals surface area (Å²) in [6.07, 6.45) is 2.92. The molecule has 0 aromatic carbocycles. The second-order valence-electron chi connectivity index (χ2n) is 4.80. The highest BCUT2D eigenvalue weighted by Crippen LogP contribution is 2.38. The molecule has 0 atom stereocenters. The van der Waals surface area contributed by atoms with E-state index in [1.54, 1.807) is 0 Å². The van der Waals surface area contributed by atoms with Gasteiger partial charge in [0.05, 0.1) is 19.1 Å². The van der Waals surface area contributed by atoms with Crippen molar-refractivity contribution in [3.63, 3.8) is 0 Å². The van der Waals surface area contributed by atoms with Gasteiger partial charge in [0.25, 0.3) is 5.69 Å². The maximum Gasteiger partial charge on any atom is 0.329 e. The van der Waals surface area contributed by atoms with Crippen LogP contribution in [0.3, 0.4) is 0 Å². The molecule has 0 radical (unpaired) electrons. The lowest BCUT2D eigenvalue weighted by molar-refractivity contribution is -0.386. The summed E-state index contributed by atoms with van der Waals surface area (Å²) in [4.78, 5) is 39.5. The van der Waals surface area contributed by atoms with E-state index in [9.17, 15) is 19.7 Å². The van der Waals surface area contributed by atoms with Crippen molar-refractivity contribution in [2.45, 2.75) is 25.2 Å². The van der Waals surface area contributed by atoms with Gasteiger partial charge in [-0.15, -0.1) is 6.58 Å². The molecule has 1 rings (SSSR count). The van der Waals surface area contributed by atoms with E-state index in [4.69, 9.17) is 9.47 Å². The SMILES string of the molecule is C=CCCC(C(=O)OC)(C(=O)OC)c1nccc(C)c1[N+](=O)[O-]. The van der Waals surface area contributed by atoms with E-state index in [-0.39, 0.29) is 24.1 Å². The van der Waals surface area contributed by atoms with Crippen molar-refractivity contribution >= 4 is 17.6 Å². The summed E-state index contributed by atoms with van der Waals surface area (Å²) in [5, 5.41) is 11.4. The van der Waals surface area contributed by atoms with Crippen LogP contribution in [-0.4, -0.2) is 36.1 Å². The Morgan fingerprint density at radius 3 is 2.39 bits per heavy atom. The van der Waals surface area contributed by atoms with Crippen molar-refractivity contribution in [2.75, 3.05) is 14.2 Å². The zero-order valence-corrected chi connectivity index (χ0v) is 13.2. The van der Waals surface area contributed by atoms with Gasteiger partial charge in [0.1, 0.15) is 5.69 Å². The fourth-order valence-corrected chi connectivity index (χ4v) is 2.36. The van der Waals surface area contributed by atoms with Gasteiger partial charge in [0.15, 0.2) is 0 Å². The van der Waals surface area contributed by atoms with Crippen molar-refractivity contribution in [2.24, 2.45) is 0 Å². The quantitative estimate of drug-likeness (QED) is 0.248. The van der Waals surface area contributed by atoms with Crippen LogP contribution in [0, 0.1) is 17.0 Å². The van der Waals surface area contributed by atoms with Crippen LogP contribution in [0.4, 0.5) is 5.69 Å². The van der Waals surface area contributed by atoms with Gasteiger partial charge in [0, 0.05) is 11.8 Å². The Morgan fingerprint density at radius 2 is 1.96 bits per heavy atom. The molecule has 124 valence electrons. The first-order chi connectivity index (χ1) is 10.9. The lowest BCUT2D eigenvalue weighted by atomic mass is 9.78. The summed E-state index contributed by atoms with van der Waals surface area (Å²) in [7, 11) is 2.19. The van der Waals surface area contributed by atoms with E-state index < -0.39 is 28.0 Å². The van der Waals surface area contributed by atoms with E-state index in [2.05, 4.69) is 11.6 Å². The zero-order chi connectivity index (χ0) is 17.6. The maximum absolute atomic E-state index is 12.4. The third-order valence-corrected chi connectivity index (χ3v) is 3.50. The zero-order valence-electron chi connectivity index (χ0n) is 13.2. The molecular formula is C15H18N2O6. The number of carbonyl (C=O) groups excluding carboxylic acids is 2. The van der Waals surface area contributed by atoms with Crippen molar-refractivity contribution in [1.29, 1.82) is 0 Å². The van der Waals surface area contributed by atoms with Crippen LogP contribution in [0.5, 0.6) is 0 Å². The molecular weight excluding hydrogens is 304 g/mol. The number of aryl methyl sites for hydroxylation is 1. The largest absolute Gasteiger partial charge is 0.468 e. The van der Waals surface area contributed by atoms with E-state index in [0.717, 1.165) is 14.2 Å². The molecule has 0 saturated heterocycles. The second kappa shape index (κ2) is 7.48. The van der Waals surface area contributed by atoms with Crippen LogP contribution in [-0.2, 0) is 24.5 Å². The van der Waals surface area contributed by atoms with E-state index >= 15 is 0 Å². The lowest BCUT2D eigenvalue weighted by Crippen LogP contribution is -2.46. The summed E-state index contributed by atoms with van der Waals surface area (Å²) in [6.45, 7) is 5.04. The second-order valence-corrected chi connectivity index (χ2v) is 4.80. The molecule has 8 heteroatoms. The predicted molar refractivity (Wildman–Crippen MR) is 80.8 cm³/mol. The molecule has 1 heterocycles. The average molecular weight is 322 g/mol. The van der Waals surface area contributed by atoms with Crippen LogP contribution < -0.4 is 0 Å². The number of rotatable bonds is 7. The van der Waals surface area contributed by atoms with Gasteiger partial charge < -0.3 is 9.47 Å². The molecule has 1 aromatic heterocycles. The molecule has 0 fully saturated rings. The number of esters is 2. The summed E-state index contributed by atoms with van der Waals surface area (Å²) in [6, 6.07) is 1.43. The van der Waals surface area contributed by atoms with Gasteiger partial charge in [-0.25, -0.2) is 0 Å². The van der Waals surface area contributed by atoms with E-state index in [1.807, 2.05) is 0 Å². The van der Waals surface area contributed by atoms with Crippen LogP contribution in [0.15, 0.2) is 24.9 Å². The van der Waals surface area contributed by atoms with Gasteiger partial charge in [-0.2, -0.15) is 0 Å². The summed E-state index contributed by atoms with van der Waals surface area (Å²) < 4.78 is 9.46. The van der Waals surface area contributed by atoms with Gasteiger partial charge in [0.2, 0.25) is 5.41 Å². The van der Waals surface area contributed by atoms with Crippen LogP contribution in [0.1, 0.15) is 24.1 Å². The fourth-order valence-electron chi connectivity index (χ4n) is 2.36. The molecule has 0 aliphatic carbocycles. The number of hydrogen-bond donors (Lipinski definition) is 0. The molecule has 1 aromatic rings. The molecule has 0 aliphatic rings. The monoisotopic (exact) mass is 322 g/mol. The molecule has 0 amide bonds. The maximum atomic E-state index is 12.4. The number of methoxy groups -OCH3 is 2. The number of nitro groups is 1. The number of allylic oxidation sites excluding steroid dienone is 1. The highest BCUT2D eigenvalue weighted by Gasteiger charge is 2.54. The molecule has 0 spiro atoms. The Labute approximate surface area is 133 Å². The molecule has 0 saturated carbocycles. The van der Waals surface area contributed by atoms with Crippen molar-refractivity contribution in [1.82, 2.24) is 4.98 Å². The Bertz CT molecular complexity index is 625. The third-order valence-electron chi connectivity index (χ3n) is 3.50. The van der Waals surface area contributed by atoms with Gasteiger partial charge in [-0.3, -0.25) is 24.7 Å². The minimum atomic E-state index is -2.02. The Kier molecular flexibility index (Phi) is 5.94. The molecule has 23 heavy (non-hydrogen) atoms. The molecule has 0 N–H and O–H groups in total. The Hall–Kier alpha value is -2.77. The fraction of sp³-hybridized carbons (Fsp3) is 0.400. The molecule has 0 aliphatic heterocycles. The standard InChI is InChI=1S/C15H18N2O6/c1-5-6-8-15(13(18)22-3,14(19)23-4)12-11(17(20)21)10(2)7-9-16-12/h5,7,9H,1,6,8H2,2-4H3. The normalized spacial score (nSPS) is 10.7. The van der Waals surface area contributed by atoms with Gasteiger partial charge in [-0.1, -0.05) is 6.08 Å². The van der Waals surface area contributed by atoms with Crippen molar-refractivity contribution < 1.29 is 24.0 Å². The lowest BCUT2D eigenvalue weighted by Gasteiger charge is -2.27. The number of nitrogens with zero attached hydrogens (tertiary/aromatic N) is 2. The number of carbonyl (C=O) groups is 2. The minimum Gasteiger partial charge on any atom is -0.468 e. The smallest absolute Gasteiger partial charge is 0.329 e. The first kappa shape index (κ1) is 18.3. The van der Waals surface area contributed by atoms with E-state index in [0.29, 0.717) is 0 Å². The summed E-state index contributed by atoms with van der Waals surface area (Å²) in [5.74, 6) is -1.93. The van der Waals surface area contributed by atoms with Crippen LogP contribution in [0.25, 0.3) is 0 Å². The highest BCUT2D eigenvalue weighted by molar-refractivity contribution is 6.06. The first-order valence-corrected chi connectivity index (χ1v) is 6.75. The van der Waals surface area contributed by atoms with Crippen LogP contribution in [0.2, 0.25) is 0 Å². The Morgan fingerprint density at radius 1 is 1.39 bits per heavy atom. The molecule has 0 unspecified atom stereocenters. The third kappa shape index (κ3) is 3.20. The first-order valence-electron chi connectivity index (χ1n) is 6.75. The van der Waals surface area contributed by atoms with E-state index in [1.165, 1.54) is 25.3 Å². The predicted octanol–water partition coefficient (Wildman–Crippen LogP) is 1.85. The minimum absolute atomic E-state index is 0.104.